The summed E-state index contributed by atoms with van der Waals surface area (Å²) in [4.78, 5) is 10.3. The fourth-order valence-electron chi connectivity index (χ4n) is 1.17. The van der Waals surface area contributed by atoms with Crippen molar-refractivity contribution in [3.63, 3.8) is 0 Å². The Labute approximate surface area is 89.4 Å². The van der Waals surface area contributed by atoms with Crippen LogP contribution in [-0.4, -0.2) is 4.92 Å². The Morgan fingerprint density at radius 2 is 2.23 bits per heavy atom. The lowest BCUT2D eigenvalue weighted by atomic mass is 10.1. The predicted octanol–water partition coefficient (Wildman–Crippen LogP) is 1.97. The van der Waals surface area contributed by atoms with Crippen LogP contribution in [0.4, 0.5) is 5.69 Å². The van der Waals surface area contributed by atoms with E-state index < -0.39 is 0 Å². The molecule has 0 saturated carbocycles. The van der Waals surface area contributed by atoms with E-state index in [1.807, 2.05) is 29.5 Å². The molecule has 2 N–H and O–H groups in total. The molecule has 1 rings (SSSR count). The minimum absolute atomic E-state index is 0.133. The summed E-state index contributed by atoms with van der Waals surface area (Å²) in [5.74, 6) is 0. The molecular weight excluding hydrogens is 283 g/mol. The average molecular weight is 292 g/mol. The van der Waals surface area contributed by atoms with Gasteiger partial charge in [-0.05, 0) is 47.2 Å². The molecule has 13 heavy (non-hydrogen) atoms. The Morgan fingerprint density at radius 3 is 2.69 bits per heavy atom. The number of nitrogens with two attached hydrogens (primary N) is 1. The lowest BCUT2D eigenvalue weighted by Gasteiger charge is -2.03. The second kappa shape index (κ2) is 4.01. The SMILES string of the molecule is Cc1cc(I)c([N+](=O)[O-])c(CN)c1. The summed E-state index contributed by atoms with van der Waals surface area (Å²) in [6.45, 7) is 2.10. The van der Waals surface area contributed by atoms with E-state index >= 15 is 0 Å². The van der Waals surface area contributed by atoms with Crippen LogP contribution in [0.5, 0.6) is 0 Å². The molecule has 0 atom stereocenters. The highest BCUT2D eigenvalue weighted by molar-refractivity contribution is 14.1. The third-order valence-electron chi connectivity index (χ3n) is 1.69. The van der Waals surface area contributed by atoms with E-state index in [1.165, 1.54) is 0 Å². The van der Waals surface area contributed by atoms with Crippen molar-refractivity contribution in [3.05, 3.63) is 36.9 Å². The number of aryl methyl sites for hydroxylation is 1. The summed E-state index contributed by atoms with van der Waals surface area (Å²) in [6.07, 6.45) is 0. The monoisotopic (exact) mass is 292 g/mol. The van der Waals surface area contributed by atoms with Crippen LogP contribution in [0, 0.1) is 20.6 Å². The van der Waals surface area contributed by atoms with E-state index in [9.17, 15) is 10.1 Å². The highest BCUT2D eigenvalue weighted by atomic mass is 127. The quantitative estimate of drug-likeness (QED) is 0.514. The number of halogens is 1. The molecule has 0 spiro atoms. The summed E-state index contributed by atoms with van der Waals surface area (Å²) in [6, 6.07) is 3.53. The highest BCUT2D eigenvalue weighted by Gasteiger charge is 2.17. The maximum absolute atomic E-state index is 10.7. The van der Waals surface area contributed by atoms with Crippen molar-refractivity contribution in [1.29, 1.82) is 0 Å². The summed E-state index contributed by atoms with van der Waals surface area (Å²) in [5.41, 5.74) is 7.14. The van der Waals surface area contributed by atoms with Crippen molar-refractivity contribution in [2.45, 2.75) is 13.5 Å². The van der Waals surface area contributed by atoms with E-state index in [-0.39, 0.29) is 17.2 Å². The van der Waals surface area contributed by atoms with Gasteiger partial charge in [-0.25, -0.2) is 0 Å². The molecule has 0 radical (unpaired) electrons. The van der Waals surface area contributed by atoms with Gasteiger partial charge >= 0.3 is 0 Å². The van der Waals surface area contributed by atoms with Crippen molar-refractivity contribution in [3.8, 4) is 0 Å². The minimum atomic E-state index is -0.386. The van der Waals surface area contributed by atoms with Crippen LogP contribution in [0.1, 0.15) is 11.1 Å². The highest BCUT2D eigenvalue weighted by Crippen LogP contribution is 2.26. The van der Waals surface area contributed by atoms with Gasteiger partial charge < -0.3 is 5.73 Å². The number of nitrogens with zero attached hydrogens (tertiary/aromatic N) is 1. The molecule has 0 aliphatic rings. The van der Waals surface area contributed by atoms with E-state index in [4.69, 9.17) is 5.73 Å². The van der Waals surface area contributed by atoms with Crippen LogP contribution >= 0.6 is 22.6 Å². The summed E-state index contributed by atoms with van der Waals surface area (Å²) in [5, 5.41) is 10.7. The van der Waals surface area contributed by atoms with E-state index in [1.54, 1.807) is 12.1 Å². The first kappa shape index (κ1) is 10.4. The zero-order valence-electron chi connectivity index (χ0n) is 7.08. The number of nitro benzene ring substituents is 1. The van der Waals surface area contributed by atoms with Crippen molar-refractivity contribution < 1.29 is 4.92 Å². The molecule has 0 aliphatic heterocycles. The molecule has 0 bridgehead atoms. The summed E-state index contributed by atoms with van der Waals surface area (Å²) >= 11 is 1.95. The zero-order valence-corrected chi connectivity index (χ0v) is 9.24. The number of nitro groups is 1. The molecule has 4 nitrogen and oxygen atoms in total. The maximum Gasteiger partial charge on any atom is 0.287 e. The standard InChI is InChI=1S/C8H9IN2O2/c1-5-2-6(4-10)8(11(12)13)7(9)3-5/h2-3H,4,10H2,1H3. The normalized spacial score (nSPS) is 10.1. The molecule has 1 aromatic carbocycles. The first-order chi connectivity index (χ1) is 6.06. The zero-order chi connectivity index (χ0) is 10.0. The second-order valence-electron chi connectivity index (χ2n) is 2.72. The van der Waals surface area contributed by atoms with Gasteiger partial charge in [0.25, 0.3) is 5.69 Å². The molecule has 0 saturated heterocycles. The van der Waals surface area contributed by atoms with Crippen LogP contribution in [-0.2, 0) is 6.54 Å². The van der Waals surface area contributed by atoms with Gasteiger partial charge in [0.05, 0.1) is 8.49 Å². The number of benzene rings is 1. The minimum Gasteiger partial charge on any atom is -0.326 e. The van der Waals surface area contributed by atoms with Crippen LogP contribution in [0.2, 0.25) is 0 Å². The Hall–Kier alpha value is -0.690. The fraction of sp³-hybridized carbons (Fsp3) is 0.250. The predicted molar refractivity (Wildman–Crippen MR) is 58.4 cm³/mol. The molecule has 70 valence electrons. The molecule has 0 aromatic heterocycles. The number of rotatable bonds is 2. The molecule has 0 fully saturated rings. The summed E-state index contributed by atoms with van der Waals surface area (Å²) in [7, 11) is 0. The van der Waals surface area contributed by atoms with Gasteiger partial charge in [0.15, 0.2) is 0 Å². The first-order valence-electron chi connectivity index (χ1n) is 3.69. The van der Waals surface area contributed by atoms with Gasteiger partial charge in [-0.1, -0.05) is 0 Å². The van der Waals surface area contributed by atoms with Gasteiger partial charge in [0.1, 0.15) is 0 Å². The number of hydrogen-bond donors (Lipinski definition) is 1. The van der Waals surface area contributed by atoms with Crippen LogP contribution < -0.4 is 5.73 Å². The smallest absolute Gasteiger partial charge is 0.287 e. The topological polar surface area (TPSA) is 69.2 Å². The first-order valence-corrected chi connectivity index (χ1v) is 4.77. The van der Waals surface area contributed by atoms with Gasteiger partial charge in [-0.3, -0.25) is 10.1 Å². The number of hydrogen-bond acceptors (Lipinski definition) is 3. The van der Waals surface area contributed by atoms with Gasteiger partial charge in [-0.15, -0.1) is 0 Å². The molecular formula is C8H9IN2O2. The van der Waals surface area contributed by atoms with Gasteiger partial charge in [-0.2, -0.15) is 0 Å². The lowest BCUT2D eigenvalue weighted by molar-refractivity contribution is -0.386. The molecule has 1 aromatic rings. The maximum atomic E-state index is 10.7. The average Bonchev–Trinajstić information content (AvgIpc) is 2.01. The second-order valence-corrected chi connectivity index (χ2v) is 3.88. The van der Waals surface area contributed by atoms with E-state index in [0.29, 0.717) is 9.13 Å². The Kier molecular flexibility index (Phi) is 3.21. The lowest BCUT2D eigenvalue weighted by Crippen LogP contribution is -2.04. The third-order valence-corrected chi connectivity index (χ3v) is 2.51. The third kappa shape index (κ3) is 2.16. The molecule has 0 heterocycles. The van der Waals surface area contributed by atoms with Crippen molar-refractivity contribution in [2.75, 3.05) is 0 Å². The Balaban J connectivity index is 3.38. The molecule has 0 aliphatic carbocycles. The van der Waals surface area contributed by atoms with E-state index in [0.717, 1.165) is 5.56 Å². The van der Waals surface area contributed by atoms with Gasteiger partial charge in [0.2, 0.25) is 0 Å². The molecule has 0 amide bonds. The van der Waals surface area contributed by atoms with Crippen LogP contribution in [0.25, 0.3) is 0 Å². The Bertz CT molecular complexity index is 352. The summed E-state index contributed by atoms with van der Waals surface area (Å²) < 4.78 is 0.642. The fourth-order valence-corrected chi connectivity index (χ4v) is 2.20. The van der Waals surface area contributed by atoms with E-state index in [2.05, 4.69) is 0 Å². The van der Waals surface area contributed by atoms with Crippen molar-refractivity contribution in [1.82, 2.24) is 0 Å². The van der Waals surface area contributed by atoms with Crippen LogP contribution in [0.15, 0.2) is 12.1 Å². The largest absolute Gasteiger partial charge is 0.326 e. The molecule has 5 heteroatoms. The van der Waals surface area contributed by atoms with Gasteiger partial charge in [0, 0.05) is 12.1 Å². The van der Waals surface area contributed by atoms with Crippen LogP contribution in [0.3, 0.4) is 0 Å². The molecule has 0 unspecified atom stereocenters. The van der Waals surface area contributed by atoms with Crippen molar-refractivity contribution in [2.24, 2.45) is 5.73 Å². The Morgan fingerprint density at radius 1 is 1.62 bits per heavy atom. The van der Waals surface area contributed by atoms with Crippen molar-refractivity contribution >= 4 is 28.3 Å².